The van der Waals surface area contributed by atoms with Gasteiger partial charge in [-0.2, -0.15) is 10.2 Å². The largest absolute Gasteiger partial charge is 0.379 e. The Kier molecular flexibility index (Phi) is 4.80. The molecule has 8 heteroatoms. The fourth-order valence-corrected chi connectivity index (χ4v) is 3.23. The number of aromatic nitrogens is 4. The number of rotatable bonds is 6. The number of carbonyl (C=O) groups excluding carboxylic acids is 1. The van der Waals surface area contributed by atoms with E-state index >= 15 is 0 Å². The molecule has 0 spiro atoms. The van der Waals surface area contributed by atoms with E-state index in [0.29, 0.717) is 17.4 Å². The van der Waals surface area contributed by atoms with Gasteiger partial charge in [-0.25, -0.2) is 0 Å². The van der Waals surface area contributed by atoms with Gasteiger partial charge in [0.1, 0.15) is 5.69 Å². The minimum absolute atomic E-state index is 0.128. The zero-order valence-corrected chi connectivity index (χ0v) is 14.3. The Labute approximate surface area is 146 Å². The summed E-state index contributed by atoms with van der Waals surface area (Å²) in [6.45, 7) is 5.28. The third-order valence-electron chi connectivity index (χ3n) is 4.96. The van der Waals surface area contributed by atoms with Crippen LogP contribution in [-0.2, 0) is 11.3 Å². The summed E-state index contributed by atoms with van der Waals surface area (Å²) in [4.78, 5) is 14.9. The minimum Gasteiger partial charge on any atom is -0.379 e. The fourth-order valence-electron chi connectivity index (χ4n) is 3.23. The lowest BCUT2D eigenvalue weighted by atomic mass is 9.93. The number of ether oxygens (including phenoxy) is 1. The first-order valence-electron chi connectivity index (χ1n) is 8.97. The number of nitrogens with zero attached hydrogens (tertiary/aromatic N) is 5. The predicted octanol–water partition coefficient (Wildman–Crippen LogP) is 1.39. The highest BCUT2D eigenvalue weighted by atomic mass is 16.5. The summed E-state index contributed by atoms with van der Waals surface area (Å²) in [7, 11) is 0. The molecule has 1 saturated carbocycles. The maximum Gasteiger partial charge on any atom is 0.274 e. The van der Waals surface area contributed by atoms with Crippen molar-refractivity contribution in [3.63, 3.8) is 0 Å². The molecule has 25 heavy (non-hydrogen) atoms. The number of carbonyl (C=O) groups is 1. The molecular weight excluding hydrogens is 320 g/mol. The molecule has 1 amide bonds. The molecule has 0 unspecified atom stereocenters. The monoisotopic (exact) mass is 344 g/mol. The Morgan fingerprint density at radius 3 is 2.84 bits per heavy atom. The molecule has 0 radical (unpaired) electrons. The van der Waals surface area contributed by atoms with E-state index in [1.54, 1.807) is 18.5 Å². The number of hydrogen-bond donors (Lipinski definition) is 1. The Hall–Kier alpha value is -2.19. The van der Waals surface area contributed by atoms with Crippen LogP contribution in [0, 0.1) is 0 Å². The molecule has 1 aliphatic heterocycles. The maximum atomic E-state index is 12.5. The zero-order valence-electron chi connectivity index (χ0n) is 14.3. The van der Waals surface area contributed by atoms with Crippen molar-refractivity contribution in [2.45, 2.75) is 31.8 Å². The lowest BCUT2D eigenvalue weighted by Gasteiger charge is -2.27. The first-order chi connectivity index (χ1) is 12.3. The van der Waals surface area contributed by atoms with Crippen LogP contribution in [0.4, 0.5) is 5.69 Å². The summed E-state index contributed by atoms with van der Waals surface area (Å²) in [6.07, 6.45) is 8.67. The van der Waals surface area contributed by atoms with Gasteiger partial charge in [0.15, 0.2) is 0 Å². The third kappa shape index (κ3) is 3.74. The molecule has 1 aliphatic carbocycles. The highest BCUT2D eigenvalue weighted by Gasteiger charge is 2.24. The van der Waals surface area contributed by atoms with Gasteiger partial charge in [0.05, 0.1) is 37.7 Å². The van der Waals surface area contributed by atoms with Crippen LogP contribution in [0.15, 0.2) is 24.7 Å². The second-order valence-electron chi connectivity index (χ2n) is 6.65. The van der Waals surface area contributed by atoms with E-state index in [4.69, 9.17) is 4.74 Å². The fraction of sp³-hybridized carbons (Fsp3) is 0.588. The van der Waals surface area contributed by atoms with E-state index in [0.717, 1.165) is 52.2 Å². The van der Waals surface area contributed by atoms with Crippen LogP contribution in [-0.4, -0.2) is 63.2 Å². The zero-order chi connectivity index (χ0) is 17.1. The summed E-state index contributed by atoms with van der Waals surface area (Å²) in [5, 5.41) is 11.6. The van der Waals surface area contributed by atoms with Crippen molar-refractivity contribution in [1.29, 1.82) is 0 Å². The topological polar surface area (TPSA) is 77.2 Å². The Morgan fingerprint density at radius 1 is 1.24 bits per heavy atom. The highest BCUT2D eigenvalue weighted by molar-refractivity contribution is 6.02. The molecule has 1 saturated heterocycles. The summed E-state index contributed by atoms with van der Waals surface area (Å²) in [5.41, 5.74) is 1.33. The van der Waals surface area contributed by atoms with Gasteiger partial charge in [-0.1, -0.05) is 0 Å². The molecule has 0 bridgehead atoms. The first kappa shape index (κ1) is 16.3. The number of morpholine rings is 1. The van der Waals surface area contributed by atoms with Gasteiger partial charge in [-0.3, -0.25) is 19.1 Å². The normalized spacial score (nSPS) is 18.9. The summed E-state index contributed by atoms with van der Waals surface area (Å²) >= 11 is 0. The van der Waals surface area contributed by atoms with Crippen LogP contribution >= 0.6 is 0 Å². The molecule has 0 aromatic carbocycles. The summed E-state index contributed by atoms with van der Waals surface area (Å²) < 4.78 is 9.07. The quantitative estimate of drug-likeness (QED) is 0.857. The van der Waals surface area contributed by atoms with E-state index in [-0.39, 0.29) is 5.91 Å². The second kappa shape index (κ2) is 7.37. The Balaban J connectivity index is 1.33. The first-order valence-corrected chi connectivity index (χ1v) is 8.97. The lowest BCUT2D eigenvalue weighted by Crippen LogP contribution is -2.38. The van der Waals surface area contributed by atoms with Gasteiger partial charge in [0.25, 0.3) is 5.91 Å². The maximum absolute atomic E-state index is 12.5. The van der Waals surface area contributed by atoms with Crippen LogP contribution in [0.2, 0.25) is 0 Å². The molecule has 134 valence electrons. The van der Waals surface area contributed by atoms with E-state index in [9.17, 15) is 4.79 Å². The third-order valence-corrected chi connectivity index (χ3v) is 4.96. The van der Waals surface area contributed by atoms with Gasteiger partial charge in [-0.15, -0.1) is 0 Å². The van der Waals surface area contributed by atoms with Crippen LogP contribution in [0.5, 0.6) is 0 Å². The van der Waals surface area contributed by atoms with Crippen molar-refractivity contribution in [3.05, 3.63) is 30.4 Å². The molecule has 0 atom stereocenters. The molecular formula is C17H24N6O2. The van der Waals surface area contributed by atoms with Gasteiger partial charge in [0.2, 0.25) is 0 Å². The standard InChI is InChI=1S/C17H24N6O2/c24-17(16-4-5-18-23(16)15-2-1-3-15)20-14-12-19-22(13-14)7-6-21-8-10-25-11-9-21/h4-5,12-13,15H,1-3,6-11H2,(H,20,24). The molecule has 3 heterocycles. The molecule has 8 nitrogen and oxygen atoms in total. The van der Waals surface area contributed by atoms with E-state index in [1.165, 1.54) is 6.42 Å². The average molecular weight is 344 g/mol. The van der Waals surface area contributed by atoms with E-state index in [1.807, 2.05) is 15.6 Å². The smallest absolute Gasteiger partial charge is 0.274 e. The van der Waals surface area contributed by atoms with Gasteiger partial charge < -0.3 is 10.1 Å². The minimum atomic E-state index is -0.128. The summed E-state index contributed by atoms with van der Waals surface area (Å²) in [5.74, 6) is -0.128. The van der Waals surface area contributed by atoms with Crippen LogP contribution in [0.25, 0.3) is 0 Å². The van der Waals surface area contributed by atoms with Crippen LogP contribution in [0.1, 0.15) is 35.8 Å². The van der Waals surface area contributed by atoms with Crippen molar-refractivity contribution in [2.24, 2.45) is 0 Å². The van der Waals surface area contributed by atoms with Crippen molar-refractivity contribution in [2.75, 3.05) is 38.2 Å². The lowest BCUT2D eigenvalue weighted by molar-refractivity contribution is 0.0360. The number of hydrogen-bond acceptors (Lipinski definition) is 5. The second-order valence-corrected chi connectivity index (χ2v) is 6.65. The van der Waals surface area contributed by atoms with Crippen molar-refractivity contribution in [3.8, 4) is 0 Å². The molecule has 4 rings (SSSR count). The predicted molar refractivity (Wildman–Crippen MR) is 92.6 cm³/mol. The molecule has 2 aromatic rings. The van der Waals surface area contributed by atoms with Crippen molar-refractivity contribution in [1.82, 2.24) is 24.5 Å². The van der Waals surface area contributed by atoms with Gasteiger partial charge in [0, 0.05) is 32.0 Å². The van der Waals surface area contributed by atoms with Crippen molar-refractivity contribution >= 4 is 11.6 Å². The summed E-state index contributed by atoms with van der Waals surface area (Å²) in [6, 6.07) is 2.14. The van der Waals surface area contributed by atoms with Gasteiger partial charge >= 0.3 is 0 Å². The molecule has 1 N–H and O–H groups in total. The van der Waals surface area contributed by atoms with Crippen LogP contribution in [0.3, 0.4) is 0 Å². The highest BCUT2D eigenvalue weighted by Crippen LogP contribution is 2.31. The molecule has 2 aliphatic rings. The van der Waals surface area contributed by atoms with Crippen LogP contribution < -0.4 is 5.32 Å². The number of anilines is 1. The van der Waals surface area contributed by atoms with E-state index in [2.05, 4.69) is 20.4 Å². The van der Waals surface area contributed by atoms with E-state index < -0.39 is 0 Å². The molecule has 2 aromatic heterocycles. The van der Waals surface area contributed by atoms with Crippen molar-refractivity contribution < 1.29 is 9.53 Å². The Bertz CT molecular complexity index is 714. The average Bonchev–Trinajstić information content (AvgIpc) is 3.22. The SMILES string of the molecule is O=C(Nc1cnn(CCN2CCOCC2)c1)c1ccnn1C1CCC1. The number of amides is 1. The number of nitrogens with one attached hydrogen (secondary N) is 1. The Morgan fingerprint density at radius 2 is 2.08 bits per heavy atom. The van der Waals surface area contributed by atoms with Gasteiger partial charge in [-0.05, 0) is 25.3 Å². The molecule has 2 fully saturated rings.